The Labute approximate surface area is 167 Å². The molecule has 0 bridgehead atoms. The number of benzene rings is 2. The highest BCUT2D eigenvalue weighted by Crippen LogP contribution is 2.40. The molecule has 1 amide bonds. The van der Waals surface area contributed by atoms with Crippen LogP contribution < -0.4 is 9.64 Å². The van der Waals surface area contributed by atoms with Crippen molar-refractivity contribution in [3.63, 3.8) is 0 Å². The number of β-lactam (4-membered cyclic amide) rings is 1. The monoisotopic (exact) mass is 417 g/mol. The number of nitrogens with zero attached hydrogens (tertiary/aromatic N) is 2. The second kappa shape index (κ2) is 7.52. The fourth-order valence-corrected chi connectivity index (χ4v) is 3.41. The molecule has 9 heteroatoms. The number of imidazole rings is 1. The van der Waals surface area contributed by atoms with E-state index in [0.29, 0.717) is 29.9 Å². The first-order chi connectivity index (χ1) is 13.9. The van der Waals surface area contributed by atoms with Crippen molar-refractivity contribution in [2.75, 3.05) is 11.5 Å². The molecule has 1 aliphatic rings. The number of hydrogen-bond donors (Lipinski definition) is 1. The number of ketones is 1. The van der Waals surface area contributed by atoms with Crippen molar-refractivity contribution in [2.45, 2.75) is 25.0 Å². The number of nitrogens with one attached hydrogen (secondary N) is 1. The molecule has 150 valence electrons. The third kappa shape index (κ3) is 3.49. The number of aromatic amines is 1. The molecule has 1 N–H and O–H groups in total. The van der Waals surface area contributed by atoms with Gasteiger partial charge in [-0.15, -0.1) is 9.24 Å². The van der Waals surface area contributed by atoms with Crippen LogP contribution in [0.25, 0.3) is 11.0 Å². The van der Waals surface area contributed by atoms with Crippen LogP contribution >= 0.6 is 9.24 Å². The number of rotatable bonds is 6. The molecule has 2 aromatic carbocycles. The average molecular weight is 417 g/mol. The molecule has 0 aliphatic carbocycles. The van der Waals surface area contributed by atoms with Crippen molar-refractivity contribution in [2.24, 2.45) is 0 Å². The van der Waals surface area contributed by atoms with Gasteiger partial charge < -0.3 is 9.72 Å². The molecule has 0 saturated carbocycles. The maximum atomic E-state index is 14.7. The molecule has 1 saturated heterocycles. The van der Waals surface area contributed by atoms with Crippen molar-refractivity contribution < 1.29 is 23.1 Å². The van der Waals surface area contributed by atoms with Crippen LogP contribution in [-0.2, 0) is 9.59 Å². The fraction of sp³-hybridized carbons (Fsp3) is 0.250. The smallest absolute Gasteiger partial charge is 0.297 e. The number of ether oxygens (including phenoxy) is 1. The summed E-state index contributed by atoms with van der Waals surface area (Å²) in [6.45, 7) is 2.28. The highest BCUT2D eigenvalue weighted by molar-refractivity contribution is 7.17. The van der Waals surface area contributed by atoms with E-state index in [2.05, 4.69) is 19.2 Å². The van der Waals surface area contributed by atoms with Gasteiger partial charge in [-0.2, -0.15) is 0 Å². The van der Waals surface area contributed by atoms with Gasteiger partial charge in [-0.25, -0.2) is 13.8 Å². The number of fused-ring (bicyclic) bond motifs is 1. The first-order valence-corrected chi connectivity index (χ1v) is 9.71. The molecule has 6 nitrogen and oxygen atoms in total. The lowest BCUT2D eigenvalue weighted by molar-refractivity contribution is -0.143. The Bertz CT molecular complexity index is 1090. The molecule has 3 atom stereocenters. The predicted molar refractivity (Wildman–Crippen MR) is 107 cm³/mol. The largest absolute Gasteiger partial charge is 0.493 e. The van der Waals surface area contributed by atoms with Crippen LogP contribution in [0, 0.1) is 11.6 Å². The quantitative estimate of drug-likeness (QED) is 0.378. The van der Waals surface area contributed by atoms with Crippen molar-refractivity contribution in [3.8, 4) is 5.75 Å². The number of carbonyl (C=O) groups is 2. The van der Waals surface area contributed by atoms with Gasteiger partial charge in [-0.3, -0.25) is 14.5 Å². The Morgan fingerprint density at radius 1 is 1.24 bits per heavy atom. The van der Waals surface area contributed by atoms with Crippen LogP contribution in [0.3, 0.4) is 0 Å². The summed E-state index contributed by atoms with van der Waals surface area (Å²) >= 11 is 0. The van der Waals surface area contributed by atoms with Crippen molar-refractivity contribution in [3.05, 3.63) is 53.9 Å². The number of amides is 1. The topological polar surface area (TPSA) is 75.3 Å². The number of carbonyl (C=O) groups excluding carboxylic acids is 2. The van der Waals surface area contributed by atoms with Crippen molar-refractivity contribution in [1.82, 2.24) is 9.97 Å². The Kier molecular flexibility index (Phi) is 5.04. The third-order valence-corrected chi connectivity index (χ3v) is 5.12. The third-order valence-electron chi connectivity index (χ3n) is 4.79. The lowest BCUT2D eigenvalue weighted by atomic mass is 9.90. The Morgan fingerprint density at radius 2 is 1.97 bits per heavy atom. The van der Waals surface area contributed by atoms with Gasteiger partial charge in [0.2, 0.25) is 5.78 Å². The molecular weight excluding hydrogens is 399 g/mol. The van der Waals surface area contributed by atoms with Crippen LogP contribution in [0.4, 0.5) is 14.5 Å². The highest BCUT2D eigenvalue weighted by atomic mass is 31.0. The molecule has 2 heterocycles. The van der Waals surface area contributed by atoms with E-state index in [-0.39, 0.29) is 5.75 Å². The maximum absolute atomic E-state index is 14.7. The van der Waals surface area contributed by atoms with E-state index < -0.39 is 34.9 Å². The summed E-state index contributed by atoms with van der Waals surface area (Å²) in [7, 11) is 2.62. The van der Waals surface area contributed by atoms with E-state index in [1.165, 1.54) is 6.33 Å². The number of anilines is 1. The standard InChI is InChI=1S/C20H18F2N3O3P/c1-10(29)4-5-28-12-7-13(21)17(14(22)8-12)18-19(26)20(27)25(18)11-2-3-15-16(6-11)24-9-23-15/h2-3,6-10,18H,4-5,29H2,1H3,(H,23,24)/t10?,18-/m0/s1. The summed E-state index contributed by atoms with van der Waals surface area (Å²) in [4.78, 5) is 32.5. The summed E-state index contributed by atoms with van der Waals surface area (Å²) in [6.07, 6.45) is 2.19. The van der Waals surface area contributed by atoms with E-state index in [4.69, 9.17) is 4.74 Å². The summed E-state index contributed by atoms with van der Waals surface area (Å²) in [5.41, 5.74) is 1.49. The number of Topliss-reactive ketones (excluding diaryl/α,β-unsaturated/α-hetero) is 1. The molecule has 1 aromatic heterocycles. The van der Waals surface area contributed by atoms with Crippen LogP contribution in [0.1, 0.15) is 24.9 Å². The SMILES string of the molecule is CC(P)CCOc1cc(F)c([C@H]2C(=O)C(=O)N2c2ccc3[nH]cnc3c2)c(F)c1. The van der Waals surface area contributed by atoms with Crippen molar-refractivity contribution >= 4 is 37.7 Å². The highest BCUT2D eigenvalue weighted by Gasteiger charge is 2.50. The lowest BCUT2D eigenvalue weighted by Gasteiger charge is -2.38. The van der Waals surface area contributed by atoms with Crippen molar-refractivity contribution in [1.29, 1.82) is 0 Å². The van der Waals surface area contributed by atoms with E-state index in [1.54, 1.807) is 18.2 Å². The summed E-state index contributed by atoms with van der Waals surface area (Å²) in [5.74, 6) is -3.52. The second-order valence-corrected chi connectivity index (χ2v) is 8.10. The van der Waals surface area contributed by atoms with Gasteiger partial charge in [0.25, 0.3) is 5.91 Å². The number of hydrogen-bond acceptors (Lipinski definition) is 4. The Hall–Kier alpha value is -2.86. The van der Waals surface area contributed by atoms with E-state index in [1.807, 2.05) is 6.92 Å². The summed E-state index contributed by atoms with van der Waals surface area (Å²) in [6, 6.07) is 5.57. The van der Waals surface area contributed by atoms with Gasteiger partial charge in [-0.1, -0.05) is 6.92 Å². The molecule has 1 aliphatic heterocycles. The first-order valence-electron chi connectivity index (χ1n) is 9.04. The maximum Gasteiger partial charge on any atom is 0.297 e. The minimum Gasteiger partial charge on any atom is -0.493 e. The number of halogens is 2. The zero-order chi connectivity index (χ0) is 20.7. The van der Waals surface area contributed by atoms with Crippen LogP contribution in [-0.4, -0.2) is 33.9 Å². The molecule has 3 aromatic rings. The fourth-order valence-electron chi connectivity index (χ4n) is 3.27. The predicted octanol–water partition coefficient (Wildman–Crippen LogP) is 3.53. The molecule has 29 heavy (non-hydrogen) atoms. The molecule has 1 fully saturated rings. The Balaban J connectivity index is 1.65. The lowest BCUT2D eigenvalue weighted by Crippen LogP contribution is -2.56. The van der Waals surface area contributed by atoms with Crippen LogP contribution in [0.15, 0.2) is 36.7 Å². The van der Waals surface area contributed by atoms with Gasteiger partial charge >= 0.3 is 0 Å². The van der Waals surface area contributed by atoms with Crippen LogP contribution in [0.5, 0.6) is 5.75 Å². The minimum atomic E-state index is -1.36. The zero-order valence-electron chi connectivity index (χ0n) is 15.5. The number of H-pyrrole nitrogens is 1. The van der Waals surface area contributed by atoms with E-state index >= 15 is 0 Å². The molecule has 0 spiro atoms. The van der Waals surface area contributed by atoms with E-state index in [0.717, 1.165) is 22.5 Å². The minimum absolute atomic E-state index is 0.0389. The van der Waals surface area contributed by atoms with Gasteiger partial charge in [0, 0.05) is 17.8 Å². The second-order valence-electron chi connectivity index (χ2n) is 6.96. The summed E-state index contributed by atoms with van der Waals surface area (Å²) in [5, 5.41) is 0. The van der Waals surface area contributed by atoms with Gasteiger partial charge in [-0.05, 0) is 30.3 Å². The molecule has 0 radical (unpaired) electrons. The van der Waals surface area contributed by atoms with Gasteiger partial charge in [0.1, 0.15) is 23.4 Å². The first kappa shape index (κ1) is 19.5. The van der Waals surface area contributed by atoms with E-state index in [9.17, 15) is 18.4 Å². The Morgan fingerprint density at radius 3 is 2.66 bits per heavy atom. The summed E-state index contributed by atoms with van der Waals surface area (Å²) < 4.78 is 34.9. The molecule has 2 unspecified atom stereocenters. The van der Waals surface area contributed by atoms with Crippen LogP contribution in [0.2, 0.25) is 0 Å². The van der Waals surface area contributed by atoms with Gasteiger partial charge in [0.05, 0.1) is 29.5 Å². The normalized spacial score (nSPS) is 17.5. The zero-order valence-corrected chi connectivity index (χ0v) is 16.6. The number of aromatic nitrogens is 2. The molecular formula is C20H18F2N3O3P. The average Bonchev–Trinajstić information content (AvgIpc) is 3.14. The van der Waals surface area contributed by atoms with Gasteiger partial charge in [0.15, 0.2) is 0 Å². The molecule has 4 rings (SSSR count).